The molecule has 0 fully saturated rings. The van der Waals surface area contributed by atoms with E-state index in [1.165, 1.54) is 17.9 Å². The monoisotopic (exact) mass is 178 g/mol. The topological polar surface area (TPSA) is 54.5 Å². The Morgan fingerprint density at radius 1 is 1.42 bits per heavy atom. The second-order valence-corrected chi connectivity index (χ2v) is 2.82. The van der Waals surface area contributed by atoms with Gasteiger partial charge < -0.3 is 0 Å². The summed E-state index contributed by atoms with van der Waals surface area (Å²) in [7, 11) is 0. The van der Waals surface area contributed by atoms with Gasteiger partial charge in [0.05, 0.1) is 0 Å². The summed E-state index contributed by atoms with van der Waals surface area (Å²) in [6.45, 7) is 0. The highest BCUT2D eigenvalue weighted by atomic mass is 32.1. The number of hydrogen-bond donors (Lipinski definition) is 1. The molecule has 0 aliphatic rings. The van der Waals surface area contributed by atoms with Crippen LogP contribution in [0.3, 0.4) is 0 Å². The van der Waals surface area contributed by atoms with Gasteiger partial charge >= 0.3 is 0 Å². The molecule has 2 heterocycles. The molecule has 0 aliphatic carbocycles. The summed E-state index contributed by atoms with van der Waals surface area (Å²) in [5.74, 6) is 0.751. The molecule has 0 atom stereocenters. The lowest BCUT2D eigenvalue weighted by Gasteiger charge is -1.80. The van der Waals surface area contributed by atoms with Crippen LogP contribution in [0.5, 0.6) is 0 Å². The van der Waals surface area contributed by atoms with Crippen LogP contribution >= 0.6 is 11.5 Å². The van der Waals surface area contributed by atoms with Gasteiger partial charge in [-0.1, -0.05) is 0 Å². The highest BCUT2D eigenvalue weighted by Gasteiger charge is 1.88. The Bertz CT molecular complexity index is 312. The van der Waals surface area contributed by atoms with Gasteiger partial charge in [-0.25, -0.2) is 9.36 Å². The zero-order valence-electron chi connectivity index (χ0n) is 6.14. The fourth-order valence-electron chi connectivity index (χ4n) is 0.766. The van der Waals surface area contributed by atoms with Gasteiger partial charge in [-0.15, -0.1) is 0 Å². The summed E-state index contributed by atoms with van der Waals surface area (Å²) in [6, 6.07) is 0. The second kappa shape index (κ2) is 3.27. The van der Waals surface area contributed by atoms with Crippen molar-refractivity contribution in [3.05, 3.63) is 29.3 Å². The standard InChI is InChI=1S/C7H6N4S/c1(6-3-10-12-4-6)2-7-8-5-9-11-7/h1-5H,(H,8,9,11). The Kier molecular flexibility index (Phi) is 1.96. The van der Waals surface area contributed by atoms with Crippen molar-refractivity contribution in [3.63, 3.8) is 0 Å². The lowest BCUT2D eigenvalue weighted by Crippen LogP contribution is -1.73. The molecular weight excluding hydrogens is 172 g/mol. The Morgan fingerprint density at radius 2 is 2.42 bits per heavy atom. The summed E-state index contributed by atoms with van der Waals surface area (Å²) >= 11 is 1.43. The van der Waals surface area contributed by atoms with Crippen molar-refractivity contribution in [2.24, 2.45) is 0 Å². The molecule has 2 aromatic heterocycles. The van der Waals surface area contributed by atoms with Crippen molar-refractivity contribution in [1.29, 1.82) is 0 Å². The molecule has 12 heavy (non-hydrogen) atoms. The minimum Gasteiger partial charge on any atom is -0.260 e. The van der Waals surface area contributed by atoms with Gasteiger partial charge in [0, 0.05) is 17.1 Å². The normalized spacial score (nSPS) is 11.0. The predicted molar refractivity (Wildman–Crippen MR) is 47.4 cm³/mol. The van der Waals surface area contributed by atoms with Crippen molar-refractivity contribution >= 4 is 23.7 Å². The van der Waals surface area contributed by atoms with E-state index in [2.05, 4.69) is 19.6 Å². The molecule has 0 amide bonds. The first-order valence-corrected chi connectivity index (χ1v) is 4.21. The van der Waals surface area contributed by atoms with E-state index in [0.29, 0.717) is 0 Å². The maximum Gasteiger partial charge on any atom is 0.148 e. The third-order valence-electron chi connectivity index (χ3n) is 1.32. The Hall–Kier alpha value is -1.49. The van der Waals surface area contributed by atoms with Gasteiger partial charge in [0.15, 0.2) is 0 Å². The van der Waals surface area contributed by atoms with E-state index in [4.69, 9.17) is 0 Å². The lowest BCUT2D eigenvalue weighted by molar-refractivity contribution is 1.08. The van der Waals surface area contributed by atoms with Crippen LogP contribution in [-0.2, 0) is 0 Å². The number of H-pyrrole nitrogens is 1. The van der Waals surface area contributed by atoms with Crippen molar-refractivity contribution in [2.75, 3.05) is 0 Å². The number of aromatic nitrogens is 4. The molecule has 0 saturated heterocycles. The molecule has 0 aliphatic heterocycles. The summed E-state index contributed by atoms with van der Waals surface area (Å²) in [6.07, 6.45) is 7.07. The maximum absolute atomic E-state index is 3.97. The third kappa shape index (κ3) is 1.57. The number of nitrogens with zero attached hydrogens (tertiary/aromatic N) is 3. The van der Waals surface area contributed by atoms with Crippen LogP contribution in [0.4, 0.5) is 0 Å². The molecule has 0 bridgehead atoms. The molecular formula is C7H6N4S. The summed E-state index contributed by atoms with van der Waals surface area (Å²) in [5.41, 5.74) is 1.08. The van der Waals surface area contributed by atoms with Crippen LogP contribution in [-0.4, -0.2) is 19.6 Å². The van der Waals surface area contributed by atoms with Crippen LogP contribution in [0.2, 0.25) is 0 Å². The van der Waals surface area contributed by atoms with Crippen LogP contribution in [0.1, 0.15) is 11.4 Å². The number of rotatable bonds is 2. The van der Waals surface area contributed by atoms with Crippen LogP contribution in [0.15, 0.2) is 17.9 Å². The van der Waals surface area contributed by atoms with Crippen molar-refractivity contribution in [2.45, 2.75) is 0 Å². The third-order valence-corrected chi connectivity index (χ3v) is 1.92. The van der Waals surface area contributed by atoms with Gasteiger partial charge in [0.1, 0.15) is 12.2 Å². The van der Waals surface area contributed by atoms with E-state index in [0.717, 1.165) is 11.4 Å². The van der Waals surface area contributed by atoms with E-state index < -0.39 is 0 Å². The minimum atomic E-state index is 0.751. The molecule has 0 radical (unpaired) electrons. The predicted octanol–water partition coefficient (Wildman–Crippen LogP) is 1.43. The Labute approximate surface area is 73.1 Å². The van der Waals surface area contributed by atoms with Crippen LogP contribution in [0.25, 0.3) is 12.2 Å². The number of hydrogen-bond acceptors (Lipinski definition) is 4. The first-order chi connectivity index (χ1) is 5.95. The average Bonchev–Trinajstić information content (AvgIpc) is 2.74. The largest absolute Gasteiger partial charge is 0.260 e. The first-order valence-electron chi connectivity index (χ1n) is 3.38. The fraction of sp³-hybridized carbons (Fsp3) is 0. The molecule has 0 saturated carbocycles. The maximum atomic E-state index is 3.97. The van der Waals surface area contributed by atoms with Gasteiger partial charge in [0.2, 0.25) is 0 Å². The molecule has 5 heteroatoms. The molecule has 0 aromatic carbocycles. The van der Waals surface area contributed by atoms with Crippen molar-refractivity contribution in [3.8, 4) is 0 Å². The van der Waals surface area contributed by atoms with Crippen molar-refractivity contribution in [1.82, 2.24) is 19.6 Å². The quantitative estimate of drug-likeness (QED) is 0.756. The number of aromatic amines is 1. The SMILES string of the molecule is C(=Cc1ncn[nH]1)c1cnsc1. The van der Waals surface area contributed by atoms with Crippen LogP contribution in [0, 0.1) is 0 Å². The van der Waals surface area contributed by atoms with Gasteiger partial charge in [-0.05, 0) is 23.7 Å². The summed E-state index contributed by atoms with van der Waals surface area (Å²) < 4.78 is 3.97. The number of nitrogens with one attached hydrogen (secondary N) is 1. The second-order valence-electron chi connectivity index (χ2n) is 2.16. The van der Waals surface area contributed by atoms with Crippen LogP contribution < -0.4 is 0 Å². The van der Waals surface area contributed by atoms with E-state index >= 15 is 0 Å². The Morgan fingerprint density at radius 3 is 3.08 bits per heavy atom. The van der Waals surface area contributed by atoms with Crippen molar-refractivity contribution < 1.29 is 0 Å². The smallest absolute Gasteiger partial charge is 0.148 e. The van der Waals surface area contributed by atoms with E-state index in [1.54, 1.807) is 6.20 Å². The van der Waals surface area contributed by atoms with Gasteiger partial charge in [0.25, 0.3) is 0 Å². The van der Waals surface area contributed by atoms with Gasteiger partial charge in [-0.3, -0.25) is 5.10 Å². The summed E-state index contributed by atoms with van der Waals surface area (Å²) in [4.78, 5) is 3.95. The highest BCUT2D eigenvalue weighted by molar-refractivity contribution is 7.03. The molecule has 60 valence electrons. The average molecular weight is 178 g/mol. The molecule has 2 rings (SSSR count). The lowest BCUT2D eigenvalue weighted by atomic mass is 10.3. The fourth-order valence-corrected chi connectivity index (χ4v) is 1.27. The zero-order valence-corrected chi connectivity index (χ0v) is 6.95. The molecule has 4 nitrogen and oxygen atoms in total. The highest BCUT2D eigenvalue weighted by Crippen LogP contribution is 2.05. The van der Waals surface area contributed by atoms with E-state index in [1.807, 2.05) is 17.5 Å². The summed E-state index contributed by atoms with van der Waals surface area (Å²) in [5, 5.41) is 8.42. The minimum absolute atomic E-state index is 0.751. The molecule has 0 spiro atoms. The zero-order chi connectivity index (χ0) is 8.23. The molecule has 0 unspecified atom stereocenters. The van der Waals surface area contributed by atoms with E-state index in [9.17, 15) is 0 Å². The first kappa shape index (κ1) is 7.17. The molecule has 1 N–H and O–H groups in total. The van der Waals surface area contributed by atoms with Gasteiger partial charge in [-0.2, -0.15) is 5.10 Å². The Balaban J connectivity index is 2.14. The van der Waals surface area contributed by atoms with E-state index in [-0.39, 0.29) is 0 Å². The molecule has 2 aromatic rings.